The fraction of sp³-hybridized carbons (Fsp3) is 0.588. The van der Waals surface area contributed by atoms with E-state index >= 15 is 0 Å². The molecule has 2 aromatic heterocycles. The molecule has 0 aromatic carbocycles. The lowest BCUT2D eigenvalue weighted by Crippen LogP contribution is -2.33. The van der Waals surface area contributed by atoms with Crippen LogP contribution in [0.15, 0.2) is 24.5 Å². The fourth-order valence-electron chi connectivity index (χ4n) is 3.78. The van der Waals surface area contributed by atoms with E-state index in [1.165, 1.54) is 5.56 Å². The van der Waals surface area contributed by atoms with E-state index in [0.717, 1.165) is 50.6 Å². The lowest BCUT2D eigenvalue weighted by atomic mass is 9.97. The predicted molar refractivity (Wildman–Crippen MR) is 90.6 cm³/mol. The number of nitrogens with one attached hydrogen (secondary N) is 1. The Morgan fingerprint density at radius 1 is 1.38 bits per heavy atom. The molecule has 2 aliphatic heterocycles. The summed E-state index contributed by atoms with van der Waals surface area (Å²) in [5, 5.41) is 16.0. The minimum Gasteiger partial charge on any atom is -0.371 e. The molecule has 24 heavy (non-hydrogen) atoms. The van der Waals surface area contributed by atoms with Crippen molar-refractivity contribution in [2.45, 2.75) is 38.0 Å². The SMILES string of the molecule is Cc1ccc(N[C@@H]2CO[C@@]3(CCN(Cc4cnn(C)c4)C3)C2)nn1. The Kier molecular flexibility index (Phi) is 3.97. The quantitative estimate of drug-likeness (QED) is 0.914. The molecule has 4 rings (SSSR count). The van der Waals surface area contributed by atoms with Crippen molar-refractivity contribution in [3.05, 3.63) is 35.8 Å². The monoisotopic (exact) mass is 328 g/mol. The molecule has 2 saturated heterocycles. The van der Waals surface area contributed by atoms with E-state index < -0.39 is 0 Å². The van der Waals surface area contributed by atoms with Crippen LogP contribution >= 0.6 is 0 Å². The molecule has 7 nitrogen and oxygen atoms in total. The van der Waals surface area contributed by atoms with Crippen LogP contribution in [0.2, 0.25) is 0 Å². The first-order chi connectivity index (χ1) is 11.6. The molecule has 1 spiro atoms. The van der Waals surface area contributed by atoms with Crippen molar-refractivity contribution in [3.8, 4) is 0 Å². The van der Waals surface area contributed by atoms with Gasteiger partial charge in [0, 0.05) is 44.9 Å². The molecule has 7 heteroatoms. The van der Waals surface area contributed by atoms with Gasteiger partial charge in [0.05, 0.1) is 30.1 Å². The molecule has 0 bridgehead atoms. The van der Waals surface area contributed by atoms with Crippen molar-refractivity contribution < 1.29 is 4.74 Å². The van der Waals surface area contributed by atoms with Crippen molar-refractivity contribution in [1.82, 2.24) is 24.9 Å². The standard InChI is InChI=1S/C17H24N6O/c1-13-3-4-16(21-20-13)19-15-7-17(24-11-15)5-6-23(12-17)10-14-8-18-22(2)9-14/h3-4,8-9,15H,5-7,10-12H2,1-2H3,(H,19,21)/t15-,17-/m0/s1. The van der Waals surface area contributed by atoms with Crippen LogP contribution in [0.5, 0.6) is 0 Å². The largest absolute Gasteiger partial charge is 0.371 e. The van der Waals surface area contributed by atoms with E-state index in [2.05, 4.69) is 31.7 Å². The maximum absolute atomic E-state index is 6.21. The fourth-order valence-corrected chi connectivity index (χ4v) is 3.78. The maximum Gasteiger partial charge on any atom is 0.148 e. The second kappa shape index (κ2) is 6.14. The number of nitrogens with zero attached hydrogens (tertiary/aromatic N) is 5. The van der Waals surface area contributed by atoms with E-state index in [0.29, 0.717) is 6.04 Å². The van der Waals surface area contributed by atoms with Crippen LogP contribution in [0.3, 0.4) is 0 Å². The van der Waals surface area contributed by atoms with Crippen LogP contribution in [0.25, 0.3) is 0 Å². The highest BCUT2D eigenvalue weighted by Crippen LogP contribution is 2.36. The third-order valence-corrected chi connectivity index (χ3v) is 4.92. The highest BCUT2D eigenvalue weighted by molar-refractivity contribution is 5.34. The van der Waals surface area contributed by atoms with E-state index in [9.17, 15) is 0 Å². The smallest absolute Gasteiger partial charge is 0.148 e. The van der Waals surface area contributed by atoms with Crippen molar-refractivity contribution in [2.24, 2.45) is 7.05 Å². The minimum atomic E-state index is -0.0159. The average Bonchev–Trinajstić information content (AvgIpc) is 3.25. The molecule has 0 unspecified atom stereocenters. The third kappa shape index (κ3) is 3.27. The van der Waals surface area contributed by atoms with Gasteiger partial charge in [0.1, 0.15) is 5.82 Å². The zero-order valence-electron chi connectivity index (χ0n) is 14.3. The number of aromatic nitrogens is 4. The summed E-state index contributed by atoms with van der Waals surface area (Å²) in [6.45, 7) is 5.68. The molecule has 0 aliphatic carbocycles. The summed E-state index contributed by atoms with van der Waals surface area (Å²) in [7, 11) is 1.96. The Morgan fingerprint density at radius 2 is 2.29 bits per heavy atom. The van der Waals surface area contributed by atoms with Gasteiger partial charge in [-0.25, -0.2) is 0 Å². The number of anilines is 1. The molecule has 0 saturated carbocycles. The van der Waals surface area contributed by atoms with Gasteiger partial charge in [0.2, 0.25) is 0 Å². The van der Waals surface area contributed by atoms with E-state index in [1.807, 2.05) is 37.0 Å². The number of hydrogen-bond donors (Lipinski definition) is 1. The van der Waals surface area contributed by atoms with E-state index in [1.54, 1.807) is 0 Å². The van der Waals surface area contributed by atoms with Crippen molar-refractivity contribution in [3.63, 3.8) is 0 Å². The molecule has 4 heterocycles. The second-order valence-electron chi connectivity index (χ2n) is 7.08. The Hall–Kier alpha value is -1.99. The Bertz CT molecular complexity index is 699. The number of hydrogen-bond acceptors (Lipinski definition) is 6. The van der Waals surface area contributed by atoms with Crippen molar-refractivity contribution in [2.75, 3.05) is 25.0 Å². The van der Waals surface area contributed by atoms with Crippen LogP contribution in [-0.4, -0.2) is 56.2 Å². The topological polar surface area (TPSA) is 68.1 Å². The van der Waals surface area contributed by atoms with Gasteiger partial charge in [0.15, 0.2) is 0 Å². The number of rotatable bonds is 4. The first kappa shape index (κ1) is 15.5. The molecule has 2 aromatic rings. The van der Waals surface area contributed by atoms with E-state index in [4.69, 9.17) is 4.74 Å². The van der Waals surface area contributed by atoms with Crippen molar-refractivity contribution in [1.29, 1.82) is 0 Å². The molecular formula is C17H24N6O. The molecule has 0 amide bonds. The number of aryl methyl sites for hydroxylation is 2. The highest BCUT2D eigenvalue weighted by Gasteiger charge is 2.45. The Balaban J connectivity index is 1.33. The summed E-state index contributed by atoms with van der Waals surface area (Å²) in [5.74, 6) is 0.830. The van der Waals surface area contributed by atoms with Gasteiger partial charge in [-0.2, -0.15) is 10.2 Å². The third-order valence-electron chi connectivity index (χ3n) is 4.92. The number of likely N-dealkylation sites (tertiary alicyclic amines) is 1. The lowest BCUT2D eigenvalue weighted by Gasteiger charge is -2.23. The van der Waals surface area contributed by atoms with Crippen LogP contribution < -0.4 is 5.32 Å². The summed E-state index contributed by atoms with van der Waals surface area (Å²) in [4.78, 5) is 2.46. The first-order valence-electron chi connectivity index (χ1n) is 8.51. The van der Waals surface area contributed by atoms with Crippen LogP contribution in [0.4, 0.5) is 5.82 Å². The second-order valence-corrected chi connectivity index (χ2v) is 7.08. The number of ether oxygens (including phenoxy) is 1. The zero-order valence-corrected chi connectivity index (χ0v) is 14.3. The minimum absolute atomic E-state index is 0.0159. The Labute approximate surface area is 142 Å². The summed E-state index contributed by atoms with van der Waals surface area (Å²) in [6.07, 6.45) is 6.14. The van der Waals surface area contributed by atoms with Crippen LogP contribution in [0, 0.1) is 6.92 Å². The molecule has 1 N–H and O–H groups in total. The molecule has 2 aliphatic rings. The van der Waals surface area contributed by atoms with E-state index in [-0.39, 0.29) is 5.60 Å². The van der Waals surface area contributed by atoms with Gasteiger partial charge >= 0.3 is 0 Å². The van der Waals surface area contributed by atoms with Gasteiger partial charge in [0.25, 0.3) is 0 Å². The van der Waals surface area contributed by atoms with Crippen LogP contribution in [-0.2, 0) is 18.3 Å². The molecule has 0 radical (unpaired) electrons. The summed E-state index contributed by atoms with van der Waals surface area (Å²) in [6, 6.07) is 4.27. The zero-order chi connectivity index (χ0) is 16.6. The molecule has 2 fully saturated rings. The molecular weight excluding hydrogens is 304 g/mol. The predicted octanol–water partition coefficient (Wildman–Crippen LogP) is 1.36. The summed E-state index contributed by atoms with van der Waals surface area (Å²) >= 11 is 0. The van der Waals surface area contributed by atoms with Gasteiger partial charge in [-0.05, 0) is 25.5 Å². The van der Waals surface area contributed by atoms with Gasteiger partial charge < -0.3 is 10.1 Å². The lowest BCUT2D eigenvalue weighted by molar-refractivity contribution is 0.0120. The average molecular weight is 328 g/mol. The maximum atomic E-state index is 6.21. The van der Waals surface area contributed by atoms with Gasteiger partial charge in [-0.1, -0.05) is 0 Å². The summed E-state index contributed by atoms with van der Waals surface area (Å²) < 4.78 is 8.07. The summed E-state index contributed by atoms with van der Waals surface area (Å²) in [5.41, 5.74) is 2.18. The Morgan fingerprint density at radius 3 is 3.04 bits per heavy atom. The first-order valence-corrected chi connectivity index (χ1v) is 8.51. The van der Waals surface area contributed by atoms with Crippen LogP contribution in [0.1, 0.15) is 24.1 Å². The normalized spacial score (nSPS) is 27.2. The molecule has 2 atom stereocenters. The van der Waals surface area contributed by atoms with Crippen molar-refractivity contribution >= 4 is 5.82 Å². The highest BCUT2D eigenvalue weighted by atomic mass is 16.5. The van der Waals surface area contributed by atoms with Gasteiger partial charge in [-0.3, -0.25) is 9.58 Å². The molecule has 128 valence electrons. The van der Waals surface area contributed by atoms with Gasteiger partial charge in [-0.15, -0.1) is 5.10 Å².